The first-order chi connectivity index (χ1) is 19.9. The van der Waals surface area contributed by atoms with Crippen LogP contribution in [0.4, 0.5) is 0 Å². The van der Waals surface area contributed by atoms with Gasteiger partial charge in [0.05, 0.1) is 17.5 Å². The van der Waals surface area contributed by atoms with E-state index in [0.29, 0.717) is 13.0 Å². The lowest BCUT2D eigenvalue weighted by Gasteiger charge is -2.33. The third-order valence-electron chi connectivity index (χ3n) is 8.41. The van der Waals surface area contributed by atoms with Crippen LogP contribution in [0.3, 0.4) is 0 Å². The summed E-state index contributed by atoms with van der Waals surface area (Å²) in [5.74, 6) is -1.36. The lowest BCUT2D eigenvalue weighted by Crippen LogP contribution is -2.36. The molecular weight excluding hydrogens is 554 g/mol. The summed E-state index contributed by atoms with van der Waals surface area (Å²) in [6.07, 6.45) is 1.78. The van der Waals surface area contributed by atoms with Crippen LogP contribution < -0.4 is 4.74 Å². The highest BCUT2D eigenvalue weighted by Gasteiger charge is 2.41. The molecule has 2 aromatic carbocycles. The molecule has 2 aromatic heterocycles. The van der Waals surface area contributed by atoms with E-state index in [2.05, 4.69) is 15.3 Å². The number of aryl methyl sites for hydroxylation is 3. The van der Waals surface area contributed by atoms with Crippen LogP contribution in [0.1, 0.15) is 67.9 Å². The number of nitrogens with zero attached hydrogens (tertiary/aromatic N) is 5. The number of carbonyl (C=O) groups is 1. The highest BCUT2D eigenvalue weighted by molar-refractivity contribution is 7.89. The molecule has 0 bridgehead atoms. The number of hydrogen-bond acceptors (Lipinski definition) is 7. The smallest absolute Gasteiger partial charge is 0.310 e. The van der Waals surface area contributed by atoms with Gasteiger partial charge >= 0.3 is 5.97 Å². The molecule has 3 heterocycles. The average Bonchev–Trinajstić information content (AvgIpc) is 3.34. The minimum Gasteiger partial charge on any atom is -0.481 e. The summed E-state index contributed by atoms with van der Waals surface area (Å²) >= 11 is 0. The maximum absolute atomic E-state index is 13.8. The van der Waals surface area contributed by atoms with Crippen molar-refractivity contribution in [2.24, 2.45) is 5.41 Å². The van der Waals surface area contributed by atoms with E-state index in [9.17, 15) is 18.3 Å². The second kappa shape index (κ2) is 11.1. The Morgan fingerprint density at radius 1 is 1.17 bits per heavy atom. The Bertz CT molecular complexity index is 1760. The first kappa shape index (κ1) is 29.7. The van der Waals surface area contributed by atoms with Gasteiger partial charge in [0.1, 0.15) is 16.5 Å². The third kappa shape index (κ3) is 5.05. The molecular formula is C31H37N5O5S. The molecule has 4 aromatic rings. The minimum absolute atomic E-state index is 0.0451. The molecule has 0 spiro atoms. The van der Waals surface area contributed by atoms with Gasteiger partial charge in [-0.3, -0.25) is 4.79 Å². The summed E-state index contributed by atoms with van der Waals surface area (Å²) in [6.45, 7) is 12.2. The molecule has 0 radical (unpaired) electrons. The average molecular weight is 592 g/mol. The van der Waals surface area contributed by atoms with Crippen molar-refractivity contribution in [3.63, 3.8) is 0 Å². The molecule has 5 rings (SSSR count). The standard InChI is InChI=1S/C31H37N5O5S/c1-7-23-18-35(42(39,40)26-10-9-15-32-29(26)41-23)17-22-16-21(12-11-19(22)3)27(31(5,6)30(37)38)24-13-14-25-28(20(24)4)33-34-36(25)8-2/h9-16,23,27H,7-8,17-18H2,1-6H3,(H,37,38)/t23-,27?/m1/s1. The molecule has 222 valence electrons. The molecule has 0 fully saturated rings. The predicted molar refractivity (Wildman–Crippen MR) is 159 cm³/mol. The Hall–Kier alpha value is -3.83. The molecule has 10 nitrogen and oxygen atoms in total. The van der Waals surface area contributed by atoms with Gasteiger partial charge < -0.3 is 9.84 Å². The van der Waals surface area contributed by atoms with E-state index < -0.39 is 27.3 Å². The summed E-state index contributed by atoms with van der Waals surface area (Å²) < 4.78 is 36.8. The fraction of sp³-hybridized carbons (Fsp3) is 0.419. The molecule has 0 aliphatic carbocycles. The Balaban J connectivity index is 1.62. The fourth-order valence-electron chi connectivity index (χ4n) is 5.75. The Kier molecular flexibility index (Phi) is 7.84. The van der Waals surface area contributed by atoms with Crippen molar-refractivity contribution in [2.45, 2.75) is 78.0 Å². The fourth-order valence-corrected chi connectivity index (χ4v) is 7.27. The van der Waals surface area contributed by atoms with E-state index in [1.54, 1.807) is 19.9 Å². The van der Waals surface area contributed by atoms with E-state index in [1.807, 2.05) is 62.7 Å². The summed E-state index contributed by atoms with van der Waals surface area (Å²) in [5.41, 5.74) is 4.64. The van der Waals surface area contributed by atoms with Gasteiger partial charge in [0.25, 0.3) is 0 Å². The molecule has 0 saturated carbocycles. The largest absolute Gasteiger partial charge is 0.481 e. The Labute approximate surface area is 246 Å². The zero-order chi connectivity index (χ0) is 30.4. The van der Waals surface area contributed by atoms with Crippen molar-refractivity contribution in [1.82, 2.24) is 24.3 Å². The lowest BCUT2D eigenvalue weighted by molar-refractivity contribution is -0.147. The van der Waals surface area contributed by atoms with Crippen LogP contribution in [0, 0.1) is 19.3 Å². The highest BCUT2D eigenvalue weighted by atomic mass is 32.2. The monoisotopic (exact) mass is 591 g/mol. The van der Waals surface area contributed by atoms with Crippen molar-refractivity contribution >= 4 is 27.0 Å². The van der Waals surface area contributed by atoms with Crippen LogP contribution in [0.25, 0.3) is 11.0 Å². The number of hydrogen-bond donors (Lipinski definition) is 1. The first-order valence-electron chi connectivity index (χ1n) is 14.2. The number of carboxylic acid groups (broad SMARTS) is 1. The van der Waals surface area contributed by atoms with Gasteiger partial charge in [-0.25, -0.2) is 18.1 Å². The van der Waals surface area contributed by atoms with E-state index in [0.717, 1.165) is 38.9 Å². The topological polar surface area (TPSA) is 128 Å². The van der Waals surface area contributed by atoms with Crippen molar-refractivity contribution in [3.8, 4) is 5.88 Å². The summed E-state index contributed by atoms with van der Waals surface area (Å²) in [5, 5.41) is 19.0. The van der Waals surface area contributed by atoms with Crippen molar-refractivity contribution in [1.29, 1.82) is 0 Å². The van der Waals surface area contributed by atoms with Gasteiger partial charge in [0.2, 0.25) is 15.9 Å². The number of benzene rings is 2. The SMILES string of the molecule is CC[C@@H]1CN(Cc2cc(C(c3ccc4c(nnn4CC)c3C)C(C)(C)C(=O)O)ccc2C)S(=O)(=O)c2cccnc2O1. The predicted octanol–water partition coefficient (Wildman–Crippen LogP) is 5.07. The normalized spacial score (nSPS) is 17.8. The first-order valence-corrected chi connectivity index (χ1v) is 15.6. The van der Waals surface area contributed by atoms with E-state index in [4.69, 9.17) is 4.74 Å². The number of sulfonamides is 1. The number of aliphatic carboxylic acids is 1. The van der Waals surface area contributed by atoms with Crippen LogP contribution in [-0.2, 0) is 27.9 Å². The van der Waals surface area contributed by atoms with Crippen molar-refractivity contribution in [3.05, 3.63) is 76.5 Å². The number of rotatable bonds is 8. The van der Waals surface area contributed by atoms with Gasteiger partial charge in [0, 0.05) is 25.2 Å². The lowest BCUT2D eigenvalue weighted by atomic mass is 9.69. The van der Waals surface area contributed by atoms with Crippen molar-refractivity contribution in [2.75, 3.05) is 6.54 Å². The summed E-state index contributed by atoms with van der Waals surface area (Å²) in [4.78, 5) is 16.9. The zero-order valence-corrected chi connectivity index (χ0v) is 25.6. The van der Waals surface area contributed by atoms with E-state index in [1.165, 1.54) is 16.6 Å². The van der Waals surface area contributed by atoms with Gasteiger partial charge in [-0.05, 0) is 87.1 Å². The maximum atomic E-state index is 13.8. The number of pyridine rings is 1. The van der Waals surface area contributed by atoms with Crippen LogP contribution in [0.15, 0.2) is 53.6 Å². The van der Waals surface area contributed by atoms with E-state index in [-0.39, 0.29) is 30.0 Å². The van der Waals surface area contributed by atoms with Crippen molar-refractivity contribution < 1.29 is 23.1 Å². The maximum Gasteiger partial charge on any atom is 0.310 e. The molecule has 0 saturated heterocycles. The Morgan fingerprint density at radius 2 is 1.93 bits per heavy atom. The minimum atomic E-state index is -3.90. The summed E-state index contributed by atoms with van der Waals surface area (Å²) in [6, 6.07) is 12.8. The van der Waals surface area contributed by atoms with Crippen LogP contribution in [-0.4, -0.2) is 56.4 Å². The quantitative estimate of drug-likeness (QED) is 0.301. The molecule has 1 aliphatic rings. The molecule has 1 unspecified atom stereocenters. The van der Waals surface area contributed by atoms with Gasteiger partial charge in [0.15, 0.2) is 0 Å². The molecule has 0 amide bonds. The number of fused-ring (bicyclic) bond motifs is 2. The summed E-state index contributed by atoms with van der Waals surface area (Å²) in [7, 11) is -3.90. The van der Waals surface area contributed by atoms with Gasteiger partial charge in [-0.15, -0.1) is 5.10 Å². The van der Waals surface area contributed by atoms with Crippen LogP contribution >= 0.6 is 0 Å². The molecule has 2 atom stereocenters. The molecule has 11 heteroatoms. The van der Waals surface area contributed by atoms with Crippen LogP contribution in [0.2, 0.25) is 0 Å². The number of carboxylic acids is 1. The molecule has 1 aliphatic heterocycles. The zero-order valence-electron chi connectivity index (χ0n) is 24.8. The third-order valence-corrected chi connectivity index (χ3v) is 10.2. The molecule has 1 N–H and O–H groups in total. The van der Waals surface area contributed by atoms with Gasteiger partial charge in [-0.1, -0.05) is 36.4 Å². The second-order valence-electron chi connectivity index (χ2n) is 11.5. The van der Waals surface area contributed by atoms with E-state index >= 15 is 0 Å². The second-order valence-corrected chi connectivity index (χ2v) is 13.4. The Morgan fingerprint density at radius 3 is 2.62 bits per heavy atom. The van der Waals surface area contributed by atoms with Crippen LogP contribution in [0.5, 0.6) is 5.88 Å². The number of ether oxygens (including phenoxy) is 1. The molecule has 42 heavy (non-hydrogen) atoms. The highest BCUT2D eigenvalue weighted by Crippen LogP contribution is 2.44. The van der Waals surface area contributed by atoms with Gasteiger partial charge in [-0.2, -0.15) is 4.31 Å². The number of aromatic nitrogens is 4.